The summed E-state index contributed by atoms with van der Waals surface area (Å²) in [5, 5.41) is 0. The van der Waals surface area contributed by atoms with E-state index in [1.54, 1.807) is 0 Å². The third-order valence-corrected chi connectivity index (χ3v) is 1.57. The Labute approximate surface area is 66.9 Å². The van der Waals surface area contributed by atoms with E-state index in [-0.39, 0.29) is 12.2 Å². The molecular formula is C5H7IO3. The van der Waals surface area contributed by atoms with Crippen LogP contribution in [0.4, 0.5) is 0 Å². The molecule has 52 valence electrons. The number of halogens is 1. The Morgan fingerprint density at radius 2 is 2.11 bits per heavy atom. The van der Waals surface area contributed by atoms with Crippen LogP contribution in [0.25, 0.3) is 0 Å². The quantitative estimate of drug-likeness (QED) is 0.314. The minimum Gasteiger partial charge on any atom is -0.469 e. The number of Topliss-reactive ketones (excluding diaryl/α,β-unsaturated/α-hetero) is 1. The maximum absolute atomic E-state index is 10.5. The lowest BCUT2D eigenvalue weighted by atomic mass is 10.3. The molecule has 0 saturated carbocycles. The number of hydrogen-bond donors (Lipinski definition) is 0. The molecule has 0 spiro atoms. The molecule has 0 aromatic rings. The van der Waals surface area contributed by atoms with Gasteiger partial charge in [0.05, 0.1) is 11.5 Å². The molecule has 0 aromatic carbocycles. The molecule has 0 radical (unpaired) electrons. The third kappa shape index (κ3) is 4.38. The molecule has 9 heavy (non-hydrogen) atoms. The second-order valence-corrected chi connectivity index (χ2v) is 2.19. The number of ketones is 1. The highest BCUT2D eigenvalue weighted by atomic mass is 127. The molecule has 4 heteroatoms. The second kappa shape index (κ2) is 4.72. The van der Waals surface area contributed by atoms with E-state index in [0.717, 1.165) is 0 Å². The highest BCUT2D eigenvalue weighted by Gasteiger charge is 2.06. The van der Waals surface area contributed by atoms with Crippen LogP contribution < -0.4 is 0 Å². The average Bonchev–Trinajstić information content (AvgIpc) is 1.87. The molecule has 0 atom stereocenters. The van der Waals surface area contributed by atoms with Gasteiger partial charge < -0.3 is 4.74 Å². The van der Waals surface area contributed by atoms with Crippen LogP contribution in [0.3, 0.4) is 0 Å². The van der Waals surface area contributed by atoms with E-state index < -0.39 is 5.97 Å². The molecule has 3 nitrogen and oxygen atoms in total. The molecular weight excluding hydrogens is 235 g/mol. The van der Waals surface area contributed by atoms with Crippen molar-refractivity contribution >= 4 is 34.3 Å². The number of carbonyl (C=O) groups is 2. The number of esters is 1. The number of methoxy groups -OCH3 is 1. The summed E-state index contributed by atoms with van der Waals surface area (Å²) in [7, 11) is 1.27. The summed E-state index contributed by atoms with van der Waals surface area (Å²) in [5.41, 5.74) is 0. The first-order valence-electron chi connectivity index (χ1n) is 2.35. The van der Waals surface area contributed by atoms with E-state index in [2.05, 4.69) is 4.74 Å². The molecule has 0 fully saturated rings. The summed E-state index contributed by atoms with van der Waals surface area (Å²) in [5.74, 6) is -0.556. The van der Waals surface area contributed by atoms with E-state index in [1.165, 1.54) is 7.11 Å². The van der Waals surface area contributed by atoms with Crippen LogP contribution in [0.5, 0.6) is 0 Å². The zero-order valence-electron chi connectivity index (χ0n) is 5.02. The van der Waals surface area contributed by atoms with Gasteiger partial charge in [0, 0.05) is 0 Å². The topological polar surface area (TPSA) is 43.4 Å². The van der Waals surface area contributed by atoms with E-state index in [4.69, 9.17) is 0 Å². The van der Waals surface area contributed by atoms with Crippen molar-refractivity contribution in [2.75, 3.05) is 11.5 Å². The van der Waals surface area contributed by atoms with Crippen LogP contribution in [0.15, 0.2) is 0 Å². The number of hydrogen-bond acceptors (Lipinski definition) is 3. The monoisotopic (exact) mass is 242 g/mol. The summed E-state index contributed by atoms with van der Waals surface area (Å²) in [6.45, 7) is 0. The van der Waals surface area contributed by atoms with Crippen LogP contribution in [0, 0.1) is 0 Å². The van der Waals surface area contributed by atoms with Gasteiger partial charge in [-0.2, -0.15) is 0 Å². The minimum absolute atomic E-state index is 0.0950. The zero-order chi connectivity index (χ0) is 7.28. The SMILES string of the molecule is COC(=O)CC(=O)CI. The largest absolute Gasteiger partial charge is 0.469 e. The van der Waals surface area contributed by atoms with Gasteiger partial charge in [-0.25, -0.2) is 0 Å². The van der Waals surface area contributed by atoms with Crippen LogP contribution in [-0.4, -0.2) is 23.3 Å². The zero-order valence-corrected chi connectivity index (χ0v) is 7.17. The molecule has 0 aliphatic heterocycles. The molecule has 0 aromatic heterocycles. The van der Waals surface area contributed by atoms with E-state index >= 15 is 0 Å². The first-order chi connectivity index (χ1) is 4.20. The molecule has 0 rings (SSSR count). The van der Waals surface area contributed by atoms with Gasteiger partial charge in [0.2, 0.25) is 0 Å². The molecule has 0 aliphatic rings. The van der Waals surface area contributed by atoms with Gasteiger partial charge in [-0.15, -0.1) is 0 Å². The fourth-order valence-corrected chi connectivity index (χ4v) is 0.550. The Bertz CT molecular complexity index is 107. The van der Waals surface area contributed by atoms with Gasteiger partial charge in [-0.1, -0.05) is 22.6 Å². The second-order valence-electron chi connectivity index (χ2n) is 1.43. The molecule has 0 heterocycles. The molecule has 0 aliphatic carbocycles. The van der Waals surface area contributed by atoms with Crippen molar-refractivity contribution in [3.8, 4) is 0 Å². The summed E-state index contributed by atoms with van der Waals surface area (Å²) in [6, 6.07) is 0. The fraction of sp³-hybridized carbons (Fsp3) is 0.600. The average molecular weight is 242 g/mol. The summed E-state index contributed by atoms with van der Waals surface area (Å²) < 4.78 is 4.63. The lowest BCUT2D eigenvalue weighted by Crippen LogP contribution is -2.09. The van der Waals surface area contributed by atoms with Crippen molar-refractivity contribution in [1.29, 1.82) is 0 Å². The highest BCUT2D eigenvalue weighted by molar-refractivity contribution is 14.1. The Morgan fingerprint density at radius 1 is 1.56 bits per heavy atom. The molecule has 0 saturated heterocycles. The Morgan fingerprint density at radius 3 is 2.44 bits per heavy atom. The molecule has 0 amide bonds. The first-order valence-corrected chi connectivity index (χ1v) is 3.87. The van der Waals surface area contributed by atoms with Crippen molar-refractivity contribution in [2.45, 2.75) is 6.42 Å². The standard InChI is InChI=1S/C5H7IO3/c1-9-5(8)2-4(7)3-6/h2-3H2,1H3. The Kier molecular flexibility index (Phi) is 4.65. The maximum Gasteiger partial charge on any atom is 0.313 e. The predicted molar refractivity (Wildman–Crippen MR) is 40.5 cm³/mol. The number of rotatable bonds is 3. The molecule has 0 N–H and O–H groups in total. The summed E-state index contributed by atoms with van der Waals surface area (Å²) in [4.78, 5) is 20.8. The van der Waals surface area contributed by atoms with Gasteiger partial charge in [0.25, 0.3) is 0 Å². The van der Waals surface area contributed by atoms with Crippen LogP contribution in [0.1, 0.15) is 6.42 Å². The van der Waals surface area contributed by atoms with Crippen molar-refractivity contribution in [3.63, 3.8) is 0 Å². The fourth-order valence-electron chi connectivity index (χ4n) is 0.280. The minimum atomic E-state index is -0.461. The van der Waals surface area contributed by atoms with Crippen molar-refractivity contribution < 1.29 is 14.3 Å². The van der Waals surface area contributed by atoms with Crippen LogP contribution in [0.2, 0.25) is 0 Å². The van der Waals surface area contributed by atoms with Gasteiger partial charge in [0.15, 0.2) is 5.78 Å². The van der Waals surface area contributed by atoms with Gasteiger partial charge in [-0.3, -0.25) is 9.59 Å². The Balaban J connectivity index is 3.47. The lowest BCUT2D eigenvalue weighted by Gasteiger charge is -1.93. The lowest BCUT2D eigenvalue weighted by molar-refractivity contribution is -0.142. The molecule has 0 unspecified atom stereocenters. The highest BCUT2D eigenvalue weighted by Crippen LogP contribution is 1.90. The van der Waals surface area contributed by atoms with Gasteiger partial charge >= 0.3 is 5.97 Å². The van der Waals surface area contributed by atoms with Crippen molar-refractivity contribution in [1.82, 2.24) is 0 Å². The number of carbonyl (C=O) groups excluding carboxylic acids is 2. The summed E-state index contributed by atoms with van der Waals surface area (Å²) >= 11 is 1.91. The van der Waals surface area contributed by atoms with Crippen LogP contribution >= 0.6 is 22.6 Å². The van der Waals surface area contributed by atoms with E-state index in [1.807, 2.05) is 22.6 Å². The normalized spacial score (nSPS) is 8.67. The third-order valence-electron chi connectivity index (χ3n) is 0.718. The first kappa shape index (κ1) is 8.87. The van der Waals surface area contributed by atoms with Gasteiger partial charge in [-0.05, 0) is 0 Å². The molecule has 0 bridgehead atoms. The predicted octanol–water partition coefficient (Wildman–Crippen LogP) is 0.554. The van der Waals surface area contributed by atoms with Crippen molar-refractivity contribution in [3.05, 3.63) is 0 Å². The van der Waals surface area contributed by atoms with Crippen molar-refractivity contribution in [2.24, 2.45) is 0 Å². The summed E-state index contributed by atoms with van der Waals surface area (Å²) in [6.07, 6.45) is -0.0978. The number of ether oxygens (including phenoxy) is 1. The number of alkyl halides is 1. The van der Waals surface area contributed by atoms with Crippen LogP contribution in [-0.2, 0) is 14.3 Å². The smallest absolute Gasteiger partial charge is 0.313 e. The van der Waals surface area contributed by atoms with Gasteiger partial charge in [0.1, 0.15) is 6.42 Å². The Hall–Kier alpha value is -0.130. The van der Waals surface area contributed by atoms with E-state index in [9.17, 15) is 9.59 Å². The van der Waals surface area contributed by atoms with E-state index in [0.29, 0.717) is 4.43 Å². The maximum atomic E-state index is 10.5.